The van der Waals surface area contributed by atoms with Crippen molar-refractivity contribution in [3.8, 4) is 0 Å². The lowest BCUT2D eigenvalue weighted by Crippen LogP contribution is -2.24. The van der Waals surface area contributed by atoms with Gasteiger partial charge in [-0.3, -0.25) is 5.10 Å². The Balaban J connectivity index is 2.19. The first-order valence-electron chi connectivity index (χ1n) is 5.35. The van der Waals surface area contributed by atoms with E-state index in [1.807, 2.05) is 0 Å². The van der Waals surface area contributed by atoms with Crippen LogP contribution in [0, 0.1) is 0 Å². The number of sulfonamides is 1. The molecule has 2 aromatic rings. The number of hydrogen-bond acceptors (Lipinski definition) is 5. The van der Waals surface area contributed by atoms with Crippen molar-refractivity contribution >= 4 is 26.0 Å². The van der Waals surface area contributed by atoms with E-state index in [0.29, 0.717) is 16.8 Å². The zero-order valence-corrected chi connectivity index (χ0v) is 12.2. The fraction of sp³-hybridized carbons (Fsp3) is 0.200. The summed E-state index contributed by atoms with van der Waals surface area (Å²) in [6.45, 7) is 0.401. The van der Waals surface area contributed by atoms with Gasteiger partial charge in [0, 0.05) is 11.0 Å². The molecular formula is C10H12BrN5O2S. The van der Waals surface area contributed by atoms with Crippen LogP contribution in [0.3, 0.4) is 0 Å². The molecule has 1 aromatic heterocycles. The first-order valence-corrected chi connectivity index (χ1v) is 7.63. The molecule has 0 spiro atoms. The van der Waals surface area contributed by atoms with Gasteiger partial charge in [0.1, 0.15) is 12.2 Å². The molecule has 0 fully saturated rings. The summed E-state index contributed by atoms with van der Waals surface area (Å²) in [6.07, 6.45) is 1.32. The first kappa shape index (κ1) is 14.1. The predicted molar refractivity (Wildman–Crippen MR) is 72.4 cm³/mol. The fourth-order valence-electron chi connectivity index (χ4n) is 1.45. The van der Waals surface area contributed by atoms with Gasteiger partial charge in [0.25, 0.3) is 0 Å². The lowest BCUT2D eigenvalue weighted by atomic mass is 10.2. The lowest BCUT2D eigenvalue weighted by Gasteiger charge is -2.08. The molecule has 7 nitrogen and oxygen atoms in total. The zero-order chi connectivity index (χ0) is 13.9. The third-order valence-corrected chi connectivity index (χ3v) is 4.79. The molecule has 4 N–H and O–H groups in total. The molecule has 9 heteroatoms. The number of aromatic amines is 1. The van der Waals surface area contributed by atoms with E-state index in [-0.39, 0.29) is 11.4 Å². The molecule has 0 radical (unpaired) electrons. The van der Waals surface area contributed by atoms with Crippen molar-refractivity contribution in [2.45, 2.75) is 18.0 Å². The van der Waals surface area contributed by atoms with E-state index < -0.39 is 10.0 Å². The average Bonchev–Trinajstić information content (AvgIpc) is 2.89. The summed E-state index contributed by atoms with van der Waals surface area (Å²) in [4.78, 5) is 4.00. The second-order valence-corrected chi connectivity index (χ2v) is 6.32. The molecule has 0 aliphatic rings. The van der Waals surface area contributed by atoms with Crippen molar-refractivity contribution in [3.05, 3.63) is 40.4 Å². The summed E-state index contributed by atoms with van der Waals surface area (Å²) < 4.78 is 27.1. The number of rotatable bonds is 5. The van der Waals surface area contributed by atoms with E-state index in [9.17, 15) is 8.42 Å². The number of nitrogens with two attached hydrogens (primary N) is 1. The van der Waals surface area contributed by atoms with Crippen LogP contribution in [0.1, 0.15) is 11.4 Å². The molecule has 0 bridgehead atoms. The summed E-state index contributed by atoms with van der Waals surface area (Å²) >= 11 is 3.23. The van der Waals surface area contributed by atoms with Crippen LogP contribution in [0.4, 0.5) is 0 Å². The Labute approximate surface area is 118 Å². The SMILES string of the molecule is NCc1ccc(S(=O)(=O)NCc2ncn[nH]2)c(Br)c1. The van der Waals surface area contributed by atoms with Gasteiger partial charge in [-0.25, -0.2) is 18.1 Å². The highest BCUT2D eigenvalue weighted by Crippen LogP contribution is 2.23. The van der Waals surface area contributed by atoms with E-state index in [2.05, 4.69) is 35.8 Å². The molecule has 19 heavy (non-hydrogen) atoms. The molecule has 1 aromatic carbocycles. The Morgan fingerprint density at radius 3 is 2.79 bits per heavy atom. The number of aromatic nitrogens is 3. The molecule has 0 atom stereocenters. The van der Waals surface area contributed by atoms with Crippen molar-refractivity contribution in [1.29, 1.82) is 0 Å². The van der Waals surface area contributed by atoms with Crippen LogP contribution in [0.5, 0.6) is 0 Å². The third-order valence-electron chi connectivity index (χ3n) is 2.42. The van der Waals surface area contributed by atoms with Crippen LogP contribution >= 0.6 is 15.9 Å². The molecule has 0 aliphatic carbocycles. The summed E-state index contributed by atoms with van der Waals surface area (Å²) in [5.74, 6) is 0.443. The third kappa shape index (κ3) is 3.38. The van der Waals surface area contributed by atoms with Crippen molar-refractivity contribution in [1.82, 2.24) is 19.9 Å². The van der Waals surface area contributed by atoms with Gasteiger partial charge in [-0.15, -0.1) is 0 Å². The van der Waals surface area contributed by atoms with Crippen LogP contribution in [-0.2, 0) is 23.1 Å². The van der Waals surface area contributed by atoms with E-state index in [1.54, 1.807) is 12.1 Å². The zero-order valence-electron chi connectivity index (χ0n) is 9.80. The van der Waals surface area contributed by atoms with E-state index in [4.69, 9.17) is 5.73 Å². The van der Waals surface area contributed by atoms with Gasteiger partial charge in [0.05, 0.1) is 11.4 Å². The molecule has 0 unspecified atom stereocenters. The van der Waals surface area contributed by atoms with Crippen LogP contribution < -0.4 is 10.5 Å². The lowest BCUT2D eigenvalue weighted by molar-refractivity contribution is 0.579. The van der Waals surface area contributed by atoms with Crippen molar-refractivity contribution < 1.29 is 8.42 Å². The van der Waals surface area contributed by atoms with Gasteiger partial charge in [0.2, 0.25) is 10.0 Å². The average molecular weight is 346 g/mol. The Kier molecular flexibility index (Phi) is 4.30. The molecule has 1 heterocycles. The molecule has 0 saturated carbocycles. The van der Waals surface area contributed by atoms with Gasteiger partial charge in [-0.1, -0.05) is 6.07 Å². The second-order valence-electron chi connectivity index (χ2n) is 3.73. The summed E-state index contributed by atoms with van der Waals surface area (Å²) in [5, 5.41) is 6.22. The maximum Gasteiger partial charge on any atom is 0.242 e. The van der Waals surface area contributed by atoms with E-state index in [0.717, 1.165) is 5.56 Å². The molecule has 0 saturated heterocycles. The minimum absolute atomic E-state index is 0.0490. The molecule has 0 aliphatic heterocycles. The normalized spacial score (nSPS) is 11.7. The van der Waals surface area contributed by atoms with E-state index in [1.165, 1.54) is 12.4 Å². The maximum absolute atomic E-state index is 12.1. The highest BCUT2D eigenvalue weighted by atomic mass is 79.9. The minimum atomic E-state index is -3.62. The molecule has 2 rings (SSSR count). The number of nitrogens with one attached hydrogen (secondary N) is 2. The van der Waals surface area contributed by atoms with Gasteiger partial charge >= 0.3 is 0 Å². The quantitative estimate of drug-likeness (QED) is 0.730. The number of halogens is 1. The Hall–Kier alpha value is -1.29. The summed E-state index contributed by atoms with van der Waals surface area (Å²) in [6, 6.07) is 4.87. The number of hydrogen-bond donors (Lipinski definition) is 3. The van der Waals surface area contributed by atoms with Gasteiger partial charge < -0.3 is 5.73 Å². The van der Waals surface area contributed by atoms with E-state index >= 15 is 0 Å². The Bertz CT molecular complexity index is 657. The highest BCUT2D eigenvalue weighted by molar-refractivity contribution is 9.10. The van der Waals surface area contributed by atoms with Crippen LogP contribution in [0.25, 0.3) is 0 Å². The fourth-order valence-corrected chi connectivity index (χ4v) is 3.56. The van der Waals surface area contributed by atoms with Crippen LogP contribution in [-0.4, -0.2) is 23.6 Å². The number of nitrogens with zero attached hydrogens (tertiary/aromatic N) is 2. The largest absolute Gasteiger partial charge is 0.326 e. The smallest absolute Gasteiger partial charge is 0.242 e. The second kappa shape index (κ2) is 5.78. The van der Waals surface area contributed by atoms with Gasteiger partial charge in [-0.2, -0.15) is 5.10 Å². The van der Waals surface area contributed by atoms with Crippen molar-refractivity contribution in [2.24, 2.45) is 5.73 Å². The summed E-state index contributed by atoms with van der Waals surface area (Å²) in [5.41, 5.74) is 6.34. The standard InChI is InChI=1S/C10H12BrN5O2S/c11-8-3-7(4-12)1-2-9(8)19(17,18)15-5-10-13-6-14-16-10/h1-3,6,15H,4-5,12H2,(H,13,14,16). The minimum Gasteiger partial charge on any atom is -0.326 e. The van der Waals surface area contributed by atoms with Crippen molar-refractivity contribution in [3.63, 3.8) is 0 Å². The highest BCUT2D eigenvalue weighted by Gasteiger charge is 2.17. The number of benzene rings is 1. The van der Waals surface area contributed by atoms with Gasteiger partial charge in [-0.05, 0) is 33.6 Å². The molecular weight excluding hydrogens is 334 g/mol. The predicted octanol–water partition coefficient (Wildman–Crippen LogP) is 0.504. The van der Waals surface area contributed by atoms with Crippen LogP contribution in [0.15, 0.2) is 33.9 Å². The Morgan fingerprint density at radius 1 is 1.42 bits per heavy atom. The van der Waals surface area contributed by atoms with Crippen molar-refractivity contribution in [2.75, 3.05) is 0 Å². The van der Waals surface area contributed by atoms with Gasteiger partial charge in [0.15, 0.2) is 0 Å². The maximum atomic E-state index is 12.1. The van der Waals surface area contributed by atoms with Crippen LogP contribution in [0.2, 0.25) is 0 Å². The monoisotopic (exact) mass is 345 g/mol. The summed E-state index contributed by atoms with van der Waals surface area (Å²) in [7, 11) is -3.62. The topological polar surface area (TPSA) is 114 Å². The molecule has 0 amide bonds. The number of H-pyrrole nitrogens is 1. The Morgan fingerprint density at radius 2 is 2.21 bits per heavy atom. The molecule has 102 valence electrons. The first-order chi connectivity index (χ1) is 9.03.